The Morgan fingerprint density at radius 2 is 1.85 bits per heavy atom. The zero-order chi connectivity index (χ0) is 28.2. The number of aliphatic hydroxyl groups excluding tert-OH is 1. The SMILES string of the molecule is Cc1c(O)cccc1C(=O)N[C@@H](Cc1ccccc1)[C@H](O)C(=O)N1CSC(C)(C)[C@H]1C(=O)NCc1ccoc1. The Bertz CT molecular complexity index is 1310. The summed E-state index contributed by atoms with van der Waals surface area (Å²) in [6.07, 6.45) is 1.61. The maximum absolute atomic E-state index is 13.7. The van der Waals surface area contributed by atoms with E-state index in [0.717, 1.165) is 11.1 Å². The molecular weight excluding hydrogens is 518 g/mol. The number of phenolic OH excluding ortho intramolecular Hbond substituents is 1. The van der Waals surface area contributed by atoms with Crippen LogP contribution in [-0.2, 0) is 22.6 Å². The quantitative estimate of drug-likeness (QED) is 0.321. The number of phenols is 1. The highest BCUT2D eigenvalue weighted by atomic mass is 32.2. The number of carbonyl (C=O) groups is 3. The number of aromatic hydroxyl groups is 1. The predicted octanol–water partition coefficient (Wildman–Crippen LogP) is 2.99. The van der Waals surface area contributed by atoms with Gasteiger partial charge in [-0.15, -0.1) is 11.8 Å². The maximum Gasteiger partial charge on any atom is 0.254 e. The Labute approximate surface area is 231 Å². The minimum Gasteiger partial charge on any atom is -0.508 e. The molecule has 4 rings (SSSR count). The minimum absolute atomic E-state index is 0.0283. The van der Waals surface area contributed by atoms with Gasteiger partial charge in [-0.2, -0.15) is 0 Å². The second-order valence-corrected chi connectivity index (χ2v) is 11.7. The molecule has 2 aromatic carbocycles. The van der Waals surface area contributed by atoms with Gasteiger partial charge in [0.05, 0.1) is 24.4 Å². The van der Waals surface area contributed by atoms with Crippen LogP contribution in [0.1, 0.15) is 40.9 Å². The van der Waals surface area contributed by atoms with E-state index in [2.05, 4.69) is 10.6 Å². The van der Waals surface area contributed by atoms with E-state index >= 15 is 0 Å². The summed E-state index contributed by atoms with van der Waals surface area (Å²) in [6.45, 7) is 5.63. The van der Waals surface area contributed by atoms with E-state index in [1.165, 1.54) is 35.3 Å². The molecule has 9 nitrogen and oxygen atoms in total. The fourth-order valence-electron chi connectivity index (χ4n) is 4.66. The summed E-state index contributed by atoms with van der Waals surface area (Å²) in [5.41, 5.74) is 2.23. The monoisotopic (exact) mass is 551 g/mol. The van der Waals surface area contributed by atoms with Crippen molar-refractivity contribution in [1.82, 2.24) is 15.5 Å². The molecule has 2 heterocycles. The van der Waals surface area contributed by atoms with Crippen molar-refractivity contribution in [2.75, 3.05) is 5.88 Å². The van der Waals surface area contributed by atoms with Gasteiger partial charge in [-0.25, -0.2) is 0 Å². The lowest BCUT2D eigenvalue weighted by Crippen LogP contribution is -2.58. The second-order valence-electron chi connectivity index (χ2n) is 10.1. The molecule has 10 heteroatoms. The molecule has 1 aliphatic heterocycles. The molecule has 3 amide bonds. The lowest BCUT2D eigenvalue weighted by Gasteiger charge is -2.33. The summed E-state index contributed by atoms with van der Waals surface area (Å²) in [7, 11) is 0. The van der Waals surface area contributed by atoms with Crippen molar-refractivity contribution in [1.29, 1.82) is 0 Å². The summed E-state index contributed by atoms with van der Waals surface area (Å²) in [4.78, 5) is 41.6. The number of aliphatic hydroxyl groups is 1. The van der Waals surface area contributed by atoms with Gasteiger partial charge in [0, 0.05) is 28.0 Å². The van der Waals surface area contributed by atoms with Crippen molar-refractivity contribution in [3.05, 3.63) is 89.4 Å². The Morgan fingerprint density at radius 1 is 1.10 bits per heavy atom. The van der Waals surface area contributed by atoms with E-state index < -0.39 is 34.7 Å². The normalized spacial score (nSPS) is 17.8. The fraction of sp³-hybridized carbons (Fsp3) is 0.345. The standard InChI is InChI=1S/C29H33N3O6S/c1-18-21(10-7-11-23(18)33)26(35)31-22(14-19-8-5-4-6-9-19)24(34)28(37)32-17-39-29(2,3)25(32)27(36)30-15-20-12-13-38-16-20/h4-13,16,22,24-25,33-34H,14-15,17H2,1-3H3,(H,30,36)(H,31,35)/t22-,24-,25+/m0/s1. The summed E-state index contributed by atoms with van der Waals surface area (Å²) in [6, 6.07) is 13.7. The molecule has 1 fully saturated rings. The van der Waals surface area contributed by atoms with Crippen molar-refractivity contribution >= 4 is 29.5 Å². The highest BCUT2D eigenvalue weighted by Gasteiger charge is 2.49. The van der Waals surface area contributed by atoms with Crippen LogP contribution in [0.25, 0.3) is 0 Å². The molecule has 206 valence electrons. The van der Waals surface area contributed by atoms with Gasteiger partial charge in [-0.3, -0.25) is 14.4 Å². The van der Waals surface area contributed by atoms with Gasteiger partial charge in [-0.1, -0.05) is 36.4 Å². The number of benzene rings is 2. The molecule has 1 saturated heterocycles. The van der Waals surface area contributed by atoms with Crippen molar-refractivity contribution < 1.29 is 29.0 Å². The van der Waals surface area contributed by atoms with Crippen LogP contribution in [0, 0.1) is 6.92 Å². The fourth-order valence-corrected chi connectivity index (χ4v) is 5.80. The molecule has 4 N–H and O–H groups in total. The first-order valence-electron chi connectivity index (χ1n) is 12.6. The van der Waals surface area contributed by atoms with Crippen LogP contribution in [0.4, 0.5) is 0 Å². The summed E-state index contributed by atoms with van der Waals surface area (Å²) >= 11 is 1.44. The predicted molar refractivity (Wildman–Crippen MR) is 148 cm³/mol. The van der Waals surface area contributed by atoms with Crippen molar-refractivity contribution in [2.45, 2.75) is 56.7 Å². The molecule has 0 radical (unpaired) electrons. The van der Waals surface area contributed by atoms with Gasteiger partial charge in [0.15, 0.2) is 6.10 Å². The first-order chi connectivity index (χ1) is 18.6. The van der Waals surface area contributed by atoms with E-state index in [-0.39, 0.29) is 36.1 Å². The number of hydrogen-bond donors (Lipinski definition) is 4. The molecule has 1 aromatic heterocycles. The van der Waals surface area contributed by atoms with Gasteiger partial charge >= 0.3 is 0 Å². The van der Waals surface area contributed by atoms with Gasteiger partial charge < -0.3 is 30.2 Å². The third kappa shape index (κ3) is 6.46. The minimum atomic E-state index is -1.62. The summed E-state index contributed by atoms with van der Waals surface area (Å²) < 4.78 is 4.45. The van der Waals surface area contributed by atoms with Gasteiger partial charge in [0.2, 0.25) is 5.91 Å². The first-order valence-corrected chi connectivity index (χ1v) is 13.6. The molecular formula is C29H33N3O6S. The van der Waals surface area contributed by atoms with E-state index in [4.69, 9.17) is 4.42 Å². The molecule has 0 spiro atoms. The number of hydrogen-bond acceptors (Lipinski definition) is 7. The molecule has 0 bridgehead atoms. The number of amides is 3. The highest BCUT2D eigenvalue weighted by Crippen LogP contribution is 2.40. The summed E-state index contributed by atoms with van der Waals surface area (Å²) in [5.74, 6) is -1.33. The highest BCUT2D eigenvalue weighted by molar-refractivity contribution is 8.00. The number of nitrogens with one attached hydrogen (secondary N) is 2. The lowest BCUT2D eigenvalue weighted by molar-refractivity contribution is -0.147. The number of furan rings is 1. The number of carbonyl (C=O) groups excluding carboxylic acids is 3. The molecule has 3 atom stereocenters. The van der Waals surface area contributed by atoms with Crippen LogP contribution in [0.3, 0.4) is 0 Å². The molecule has 39 heavy (non-hydrogen) atoms. The molecule has 3 aromatic rings. The molecule has 0 unspecified atom stereocenters. The molecule has 0 saturated carbocycles. The van der Waals surface area contributed by atoms with Crippen LogP contribution < -0.4 is 10.6 Å². The van der Waals surface area contributed by atoms with Crippen molar-refractivity contribution in [3.8, 4) is 5.75 Å². The second kappa shape index (κ2) is 12.0. The largest absolute Gasteiger partial charge is 0.508 e. The number of rotatable bonds is 9. The Hall–Kier alpha value is -3.76. The third-order valence-corrected chi connectivity index (χ3v) is 8.30. The maximum atomic E-state index is 13.7. The van der Waals surface area contributed by atoms with Gasteiger partial charge in [0.25, 0.3) is 11.8 Å². The van der Waals surface area contributed by atoms with E-state index in [1.54, 1.807) is 25.1 Å². The summed E-state index contributed by atoms with van der Waals surface area (Å²) in [5, 5.41) is 27.1. The van der Waals surface area contributed by atoms with E-state index in [9.17, 15) is 24.6 Å². The molecule has 1 aliphatic rings. The number of nitrogens with zero attached hydrogens (tertiary/aromatic N) is 1. The van der Waals surface area contributed by atoms with E-state index in [0.29, 0.717) is 5.56 Å². The Balaban J connectivity index is 1.56. The van der Waals surface area contributed by atoms with Gasteiger partial charge in [0.1, 0.15) is 11.8 Å². The van der Waals surface area contributed by atoms with Crippen LogP contribution in [0.15, 0.2) is 71.5 Å². The lowest BCUT2D eigenvalue weighted by atomic mass is 9.96. The first kappa shape index (κ1) is 28.3. The van der Waals surface area contributed by atoms with Crippen LogP contribution >= 0.6 is 11.8 Å². The number of thioether (sulfide) groups is 1. The van der Waals surface area contributed by atoms with Crippen LogP contribution in [0.5, 0.6) is 5.75 Å². The smallest absolute Gasteiger partial charge is 0.254 e. The third-order valence-electron chi connectivity index (χ3n) is 6.92. The van der Waals surface area contributed by atoms with E-state index in [1.807, 2.05) is 44.2 Å². The Morgan fingerprint density at radius 3 is 2.54 bits per heavy atom. The average molecular weight is 552 g/mol. The zero-order valence-corrected chi connectivity index (χ0v) is 22.9. The zero-order valence-electron chi connectivity index (χ0n) is 22.1. The Kier molecular flexibility index (Phi) is 8.66. The van der Waals surface area contributed by atoms with Gasteiger partial charge in [-0.05, 0) is 51.0 Å². The van der Waals surface area contributed by atoms with Crippen LogP contribution in [0.2, 0.25) is 0 Å². The van der Waals surface area contributed by atoms with Crippen LogP contribution in [-0.4, -0.2) is 61.6 Å². The molecule has 0 aliphatic carbocycles. The topological polar surface area (TPSA) is 132 Å². The average Bonchev–Trinajstić information content (AvgIpc) is 3.55. The van der Waals surface area contributed by atoms with Crippen molar-refractivity contribution in [2.24, 2.45) is 0 Å². The van der Waals surface area contributed by atoms with Crippen molar-refractivity contribution in [3.63, 3.8) is 0 Å².